The van der Waals surface area contributed by atoms with Gasteiger partial charge in [-0.15, -0.1) is 10.2 Å². The summed E-state index contributed by atoms with van der Waals surface area (Å²) in [6.45, 7) is 1.90. The Morgan fingerprint density at radius 2 is 2.16 bits per heavy atom. The molecule has 0 aliphatic heterocycles. The van der Waals surface area contributed by atoms with Gasteiger partial charge in [0.2, 0.25) is 5.16 Å². The van der Waals surface area contributed by atoms with Crippen molar-refractivity contribution in [3.05, 3.63) is 47.8 Å². The fourth-order valence-electron chi connectivity index (χ4n) is 1.72. The topological polar surface area (TPSA) is 66.9 Å². The zero-order chi connectivity index (χ0) is 13.2. The van der Waals surface area contributed by atoms with Gasteiger partial charge in [-0.25, -0.2) is 4.98 Å². The Morgan fingerprint density at radius 1 is 1.26 bits per heavy atom. The van der Waals surface area contributed by atoms with Gasteiger partial charge in [-0.3, -0.25) is 4.40 Å². The average molecular weight is 267 g/mol. The summed E-state index contributed by atoms with van der Waals surface area (Å²) < 4.78 is 1.87. The number of nitrogens with zero attached hydrogens (tertiary/aromatic N) is 5. The standard InChI is InChI=1S/C13H9N5S/c1-9-5-6-15-12(10(9)8-14)19-13-17-16-11-4-2-3-7-18(11)13/h2-7H,1H3. The number of aryl methyl sites for hydroxylation is 1. The van der Waals surface area contributed by atoms with Gasteiger partial charge in [0, 0.05) is 12.4 Å². The lowest BCUT2D eigenvalue weighted by molar-refractivity contribution is 0.915. The van der Waals surface area contributed by atoms with E-state index in [4.69, 9.17) is 0 Å². The first-order valence-corrected chi connectivity index (χ1v) is 6.44. The van der Waals surface area contributed by atoms with Crippen molar-refractivity contribution >= 4 is 17.4 Å². The second-order valence-corrected chi connectivity index (χ2v) is 4.89. The summed E-state index contributed by atoms with van der Waals surface area (Å²) in [4.78, 5) is 4.25. The van der Waals surface area contributed by atoms with Gasteiger partial charge in [-0.05, 0) is 42.4 Å². The van der Waals surface area contributed by atoms with E-state index in [1.807, 2.05) is 41.8 Å². The van der Waals surface area contributed by atoms with Crippen LogP contribution in [-0.4, -0.2) is 19.6 Å². The van der Waals surface area contributed by atoms with Crippen molar-refractivity contribution in [2.45, 2.75) is 17.1 Å². The molecule has 3 heterocycles. The van der Waals surface area contributed by atoms with E-state index in [0.29, 0.717) is 15.7 Å². The van der Waals surface area contributed by atoms with Gasteiger partial charge >= 0.3 is 0 Å². The van der Waals surface area contributed by atoms with E-state index >= 15 is 0 Å². The second-order valence-electron chi connectivity index (χ2n) is 3.93. The Labute approximate surface area is 113 Å². The van der Waals surface area contributed by atoms with Gasteiger partial charge in [0.1, 0.15) is 11.1 Å². The number of hydrogen-bond donors (Lipinski definition) is 0. The van der Waals surface area contributed by atoms with E-state index in [2.05, 4.69) is 21.3 Å². The first kappa shape index (κ1) is 11.7. The number of aromatic nitrogens is 4. The predicted octanol–water partition coefficient (Wildman–Crippen LogP) is 2.46. The fraction of sp³-hybridized carbons (Fsp3) is 0.0769. The highest BCUT2D eigenvalue weighted by Crippen LogP contribution is 2.28. The zero-order valence-corrected chi connectivity index (χ0v) is 10.9. The molecule has 0 spiro atoms. The number of fused-ring (bicyclic) bond motifs is 1. The molecule has 3 aromatic heterocycles. The van der Waals surface area contributed by atoms with Crippen LogP contribution in [0.5, 0.6) is 0 Å². The van der Waals surface area contributed by atoms with E-state index in [1.54, 1.807) is 6.20 Å². The van der Waals surface area contributed by atoms with Gasteiger partial charge < -0.3 is 0 Å². The molecule has 0 saturated heterocycles. The second kappa shape index (κ2) is 4.71. The highest BCUT2D eigenvalue weighted by Gasteiger charge is 2.12. The molecule has 0 N–H and O–H groups in total. The summed E-state index contributed by atoms with van der Waals surface area (Å²) in [6.07, 6.45) is 3.58. The molecule has 0 aliphatic rings. The molecule has 3 rings (SSSR count). The summed E-state index contributed by atoms with van der Waals surface area (Å²) >= 11 is 1.34. The molecular weight excluding hydrogens is 258 g/mol. The maximum Gasteiger partial charge on any atom is 0.201 e. The molecule has 0 amide bonds. The maximum atomic E-state index is 9.20. The number of rotatable bonds is 2. The van der Waals surface area contributed by atoms with Gasteiger partial charge in [0.15, 0.2) is 5.65 Å². The van der Waals surface area contributed by atoms with Crippen LogP contribution in [0.25, 0.3) is 5.65 Å². The largest absolute Gasteiger partial charge is 0.277 e. The molecule has 0 atom stereocenters. The molecule has 0 fully saturated rings. The molecule has 19 heavy (non-hydrogen) atoms. The van der Waals surface area contributed by atoms with Crippen LogP contribution in [0.2, 0.25) is 0 Å². The van der Waals surface area contributed by atoms with Crippen LogP contribution in [0.4, 0.5) is 0 Å². The smallest absolute Gasteiger partial charge is 0.201 e. The Morgan fingerprint density at radius 3 is 3.00 bits per heavy atom. The zero-order valence-electron chi connectivity index (χ0n) is 10.1. The van der Waals surface area contributed by atoms with Crippen LogP contribution >= 0.6 is 11.8 Å². The van der Waals surface area contributed by atoms with Crippen LogP contribution in [0.3, 0.4) is 0 Å². The van der Waals surface area contributed by atoms with Crippen molar-refractivity contribution in [3.63, 3.8) is 0 Å². The minimum absolute atomic E-state index is 0.584. The molecule has 0 saturated carbocycles. The number of hydrogen-bond acceptors (Lipinski definition) is 5. The number of pyridine rings is 2. The summed E-state index contributed by atoms with van der Waals surface area (Å²) in [5.74, 6) is 0. The predicted molar refractivity (Wildman–Crippen MR) is 70.8 cm³/mol. The fourth-order valence-corrected chi connectivity index (χ4v) is 2.65. The third kappa shape index (κ3) is 2.04. The quantitative estimate of drug-likeness (QED) is 0.713. The molecule has 92 valence electrons. The highest BCUT2D eigenvalue weighted by molar-refractivity contribution is 7.99. The van der Waals surface area contributed by atoms with Gasteiger partial charge in [-0.1, -0.05) is 6.07 Å². The molecule has 5 nitrogen and oxygen atoms in total. The molecule has 0 aliphatic carbocycles. The third-order valence-corrected chi connectivity index (χ3v) is 3.67. The molecule has 3 aromatic rings. The lowest BCUT2D eigenvalue weighted by Crippen LogP contribution is -1.92. The first-order chi connectivity index (χ1) is 9.29. The Balaban J connectivity index is 2.07. The van der Waals surface area contributed by atoms with Crippen molar-refractivity contribution < 1.29 is 0 Å². The van der Waals surface area contributed by atoms with Crippen LogP contribution in [0.15, 0.2) is 46.8 Å². The van der Waals surface area contributed by atoms with Crippen molar-refractivity contribution in [3.8, 4) is 6.07 Å². The summed E-state index contributed by atoms with van der Waals surface area (Å²) in [6, 6.07) is 9.71. The van der Waals surface area contributed by atoms with Gasteiger partial charge in [0.05, 0.1) is 5.56 Å². The monoisotopic (exact) mass is 267 g/mol. The summed E-state index contributed by atoms with van der Waals surface area (Å²) in [5, 5.41) is 18.7. The van der Waals surface area contributed by atoms with E-state index in [9.17, 15) is 5.26 Å². The van der Waals surface area contributed by atoms with Crippen molar-refractivity contribution in [2.24, 2.45) is 0 Å². The van der Waals surface area contributed by atoms with Crippen molar-refractivity contribution in [2.75, 3.05) is 0 Å². The molecule has 0 bridgehead atoms. The van der Waals surface area contributed by atoms with Gasteiger partial charge in [0.25, 0.3) is 0 Å². The molecule has 0 unspecified atom stereocenters. The van der Waals surface area contributed by atoms with E-state index in [1.165, 1.54) is 11.8 Å². The van der Waals surface area contributed by atoms with Crippen LogP contribution in [0, 0.1) is 18.3 Å². The summed E-state index contributed by atoms with van der Waals surface area (Å²) in [5.41, 5.74) is 2.27. The van der Waals surface area contributed by atoms with Crippen molar-refractivity contribution in [1.82, 2.24) is 19.6 Å². The molecule has 0 radical (unpaired) electrons. The first-order valence-electron chi connectivity index (χ1n) is 5.63. The maximum absolute atomic E-state index is 9.20. The minimum atomic E-state index is 0.584. The molecule has 0 aromatic carbocycles. The van der Waals surface area contributed by atoms with Crippen LogP contribution in [0.1, 0.15) is 11.1 Å². The lowest BCUT2D eigenvalue weighted by atomic mass is 10.2. The molecule has 6 heteroatoms. The van der Waals surface area contributed by atoms with E-state index in [-0.39, 0.29) is 0 Å². The van der Waals surface area contributed by atoms with E-state index in [0.717, 1.165) is 11.2 Å². The Bertz CT molecular complexity index is 787. The minimum Gasteiger partial charge on any atom is -0.277 e. The Hall–Kier alpha value is -2.39. The normalized spacial score (nSPS) is 10.5. The lowest BCUT2D eigenvalue weighted by Gasteiger charge is -2.03. The van der Waals surface area contributed by atoms with Crippen LogP contribution < -0.4 is 0 Å². The number of nitriles is 1. The van der Waals surface area contributed by atoms with Crippen molar-refractivity contribution in [1.29, 1.82) is 5.26 Å². The third-order valence-electron chi connectivity index (χ3n) is 2.71. The molecular formula is C13H9N5S. The highest BCUT2D eigenvalue weighted by atomic mass is 32.2. The van der Waals surface area contributed by atoms with Crippen LogP contribution in [-0.2, 0) is 0 Å². The van der Waals surface area contributed by atoms with E-state index < -0.39 is 0 Å². The summed E-state index contributed by atoms with van der Waals surface area (Å²) in [7, 11) is 0. The van der Waals surface area contributed by atoms with Gasteiger partial charge in [-0.2, -0.15) is 5.26 Å². The Kier molecular flexibility index (Phi) is 2.89. The SMILES string of the molecule is Cc1ccnc(Sc2nnc3ccccn23)c1C#N. The average Bonchev–Trinajstić information content (AvgIpc) is 2.83.